The van der Waals surface area contributed by atoms with E-state index in [-0.39, 0.29) is 5.41 Å². The average Bonchev–Trinajstić information content (AvgIpc) is 3.53. The summed E-state index contributed by atoms with van der Waals surface area (Å²) in [4.78, 5) is 10.4. The van der Waals surface area contributed by atoms with Crippen LogP contribution in [0, 0.1) is 0 Å². The molecule has 2 heterocycles. The van der Waals surface area contributed by atoms with Crippen molar-refractivity contribution in [1.82, 2.24) is 14.5 Å². The summed E-state index contributed by atoms with van der Waals surface area (Å²) in [5.41, 5.74) is 12.4. The molecule has 8 rings (SSSR count). The molecule has 0 N–H and O–H groups in total. The summed E-state index contributed by atoms with van der Waals surface area (Å²) in [6, 6.07) is 49.0. The zero-order valence-electron chi connectivity index (χ0n) is 23.6. The molecule has 0 amide bonds. The van der Waals surface area contributed by atoms with Crippen molar-refractivity contribution in [3.63, 3.8) is 0 Å². The molecule has 0 saturated heterocycles. The van der Waals surface area contributed by atoms with Gasteiger partial charge in [0.05, 0.1) is 22.6 Å². The van der Waals surface area contributed by atoms with Crippen molar-refractivity contribution >= 4 is 10.9 Å². The highest BCUT2D eigenvalue weighted by atomic mass is 15.0. The van der Waals surface area contributed by atoms with Gasteiger partial charge in [0.2, 0.25) is 0 Å². The van der Waals surface area contributed by atoms with E-state index in [1.807, 2.05) is 12.1 Å². The second-order valence-corrected chi connectivity index (χ2v) is 11.5. The SMILES string of the molecule is CC1(C)c2ccccc2-c2c1c1cccc(-c3nc(-c4ccccc4)cc(-c4ccccc4)n3)c1n2-c1ccccc1. The van der Waals surface area contributed by atoms with Crippen molar-refractivity contribution in [2.45, 2.75) is 19.3 Å². The van der Waals surface area contributed by atoms with E-state index in [1.54, 1.807) is 0 Å². The Morgan fingerprint density at radius 2 is 1.10 bits per heavy atom. The second-order valence-electron chi connectivity index (χ2n) is 11.5. The molecule has 0 radical (unpaired) electrons. The molecule has 0 aliphatic heterocycles. The zero-order valence-corrected chi connectivity index (χ0v) is 23.6. The van der Waals surface area contributed by atoms with Gasteiger partial charge in [-0.05, 0) is 35.4 Å². The highest BCUT2D eigenvalue weighted by Gasteiger charge is 2.41. The molecule has 0 fully saturated rings. The summed E-state index contributed by atoms with van der Waals surface area (Å²) >= 11 is 0. The van der Waals surface area contributed by atoms with E-state index in [4.69, 9.17) is 9.97 Å². The molecule has 0 unspecified atom stereocenters. The van der Waals surface area contributed by atoms with Crippen molar-refractivity contribution in [2.24, 2.45) is 0 Å². The lowest BCUT2D eigenvalue weighted by atomic mass is 9.81. The molecule has 1 aliphatic carbocycles. The number of aromatic nitrogens is 3. The van der Waals surface area contributed by atoms with E-state index in [0.717, 1.165) is 45.1 Å². The van der Waals surface area contributed by atoms with Crippen molar-refractivity contribution in [3.05, 3.63) is 151 Å². The summed E-state index contributed by atoms with van der Waals surface area (Å²) in [6.45, 7) is 4.69. The number of nitrogens with zero attached hydrogens (tertiary/aromatic N) is 3. The quantitative estimate of drug-likeness (QED) is 0.223. The van der Waals surface area contributed by atoms with Gasteiger partial charge in [-0.25, -0.2) is 9.97 Å². The molecular weight excluding hydrogens is 510 g/mol. The Morgan fingerprint density at radius 1 is 0.548 bits per heavy atom. The largest absolute Gasteiger partial charge is 0.308 e. The third kappa shape index (κ3) is 3.67. The zero-order chi connectivity index (χ0) is 28.3. The van der Waals surface area contributed by atoms with Crippen LogP contribution in [-0.4, -0.2) is 14.5 Å². The molecule has 42 heavy (non-hydrogen) atoms. The molecule has 200 valence electrons. The van der Waals surface area contributed by atoms with Gasteiger partial charge in [-0.15, -0.1) is 0 Å². The predicted octanol–water partition coefficient (Wildman–Crippen LogP) is 9.73. The first-order valence-corrected chi connectivity index (χ1v) is 14.4. The Kier molecular flexibility index (Phi) is 5.48. The number of para-hydroxylation sites is 2. The fraction of sp³-hybridized carbons (Fsp3) is 0.0769. The minimum Gasteiger partial charge on any atom is -0.308 e. The monoisotopic (exact) mass is 539 g/mol. The van der Waals surface area contributed by atoms with Crippen LogP contribution in [-0.2, 0) is 5.41 Å². The number of hydrogen-bond acceptors (Lipinski definition) is 2. The Balaban J connectivity index is 1.49. The van der Waals surface area contributed by atoms with E-state index in [9.17, 15) is 0 Å². The Labute approximate surface area is 245 Å². The van der Waals surface area contributed by atoms with Crippen molar-refractivity contribution in [2.75, 3.05) is 0 Å². The third-order valence-electron chi connectivity index (χ3n) is 8.59. The van der Waals surface area contributed by atoms with Crippen LogP contribution in [0.2, 0.25) is 0 Å². The van der Waals surface area contributed by atoms with Crippen molar-refractivity contribution in [3.8, 4) is 50.8 Å². The van der Waals surface area contributed by atoms with Gasteiger partial charge in [-0.2, -0.15) is 0 Å². The Morgan fingerprint density at radius 3 is 1.74 bits per heavy atom. The topological polar surface area (TPSA) is 30.7 Å². The van der Waals surface area contributed by atoms with E-state index >= 15 is 0 Å². The van der Waals surface area contributed by atoms with Crippen LogP contribution in [0.1, 0.15) is 25.0 Å². The van der Waals surface area contributed by atoms with Gasteiger partial charge in [-0.1, -0.05) is 129 Å². The summed E-state index contributed by atoms with van der Waals surface area (Å²) < 4.78 is 2.44. The van der Waals surface area contributed by atoms with Crippen LogP contribution >= 0.6 is 0 Å². The van der Waals surface area contributed by atoms with Crippen LogP contribution in [0.15, 0.2) is 140 Å². The van der Waals surface area contributed by atoms with Gasteiger partial charge in [0.15, 0.2) is 5.82 Å². The fourth-order valence-corrected chi connectivity index (χ4v) is 6.69. The maximum absolute atomic E-state index is 5.22. The molecule has 5 aromatic carbocycles. The molecule has 0 atom stereocenters. The number of hydrogen-bond donors (Lipinski definition) is 0. The van der Waals surface area contributed by atoms with Crippen LogP contribution < -0.4 is 0 Å². The van der Waals surface area contributed by atoms with Gasteiger partial charge in [-0.3, -0.25) is 0 Å². The van der Waals surface area contributed by atoms with Crippen molar-refractivity contribution in [1.29, 1.82) is 0 Å². The average molecular weight is 540 g/mol. The van der Waals surface area contributed by atoms with Crippen molar-refractivity contribution < 1.29 is 0 Å². The van der Waals surface area contributed by atoms with Crippen LogP contribution in [0.5, 0.6) is 0 Å². The molecule has 0 spiro atoms. The second kappa shape index (κ2) is 9.39. The first kappa shape index (κ1) is 24.5. The fourth-order valence-electron chi connectivity index (χ4n) is 6.69. The molecule has 2 aromatic heterocycles. The van der Waals surface area contributed by atoms with Gasteiger partial charge in [0.25, 0.3) is 0 Å². The lowest BCUT2D eigenvalue weighted by molar-refractivity contribution is 0.666. The lowest BCUT2D eigenvalue weighted by Gasteiger charge is -2.21. The van der Waals surface area contributed by atoms with E-state index < -0.39 is 0 Å². The van der Waals surface area contributed by atoms with Gasteiger partial charge in [0, 0.05) is 38.7 Å². The number of rotatable bonds is 4. The summed E-state index contributed by atoms with van der Waals surface area (Å²) in [5.74, 6) is 0.722. The molecule has 7 aromatic rings. The highest BCUT2D eigenvalue weighted by Crippen LogP contribution is 2.54. The molecule has 1 aliphatic rings. The predicted molar refractivity (Wildman–Crippen MR) is 173 cm³/mol. The standard InChI is InChI=1S/C39H29N3/c1-39(2)32-24-13-12-21-29(32)37-35(39)30-22-14-23-31(36(30)42(37)28-19-10-5-11-20-28)38-40-33(26-15-6-3-7-16-26)25-34(41-38)27-17-8-4-9-18-27/h3-25H,1-2H3. The highest BCUT2D eigenvalue weighted by molar-refractivity contribution is 6.05. The lowest BCUT2D eigenvalue weighted by Crippen LogP contribution is -2.14. The van der Waals surface area contributed by atoms with Crippen LogP contribution in [0.4, 0.5) is 0 Å². The first-order valence-electron chi connectivity index (χ1n) is 14.4. The maximum atomic E-state index is 5.22. The van der Waals surface area contributed by atoms with Gasteiger partial charge in [0.1, 0.15) is 0 Å². The summed E-state index contributed by atoms with van der Waals surface area (Å²) in [5, 5.41) is 1.24. The minimum absolute atomic E-state index is 0.148. The summed E-state index contributed by atoms with van der Waals surface area (Å²) in [6.07, 6.45) is 0. The number of fused-ring (bicyclic) bond motifs is 5. The molecule has 3 nitrogen and oxygen atoms in total. The molecule has 3 heteroatoms. The molecular formula is C39H29N3. The smallest absolute Gasteiger partial charge is 0.162 e. The molecule has 0 bridgehead atoms. The normalized spacial score (nSPS) is 13.2. The third-order valence-corrected chi connectivity index (χ3v) is 8.59. The van der Waals surface area contributed by atoms with E-state index in [0.29, 0.717) is 0 Å². The van der Waals surface area contributed by atoms with Crippen LogP contribution in [0.3, 0.4) is 0 Å². The molecule has 0 saturated carbocycles. The first-order chi connectivity index (χ1) is 20.6. The van der Waals surface area contributed by atoms with Crippen LogP contribution in [0.25, 0.3) is 61.8 Å². The van der Waals surface area contributed by atoms with E-state index in [2.05, 4.69) is 146 Å². The maximum Gasteiger partial charge on any atom is 0.162 e. The summed E-state index contributed by atoms with van der Waals surface area (Å²) in [7, 11) is 0. The van der Waals surface area contributed by atoms with Gasteiger partial charge < -0.3 is 4.57 Å². The number of benzene rings is 5. The Bertz CT molecular complexity index is 2030. The Hall–Kier alpha value is -5.28. The van der Waals surface area contributed by atoms with E-state index in [1.165, 1.54) is 27.8 Å². The minimum atomic E-state index is -0.148. The van der Waals surface area contributed by atoms with Gasteiger partial charge >= 0.3 is 0 Å².